The Hall–Kier alpha value is -3.72. The summed E-state index contributed by atoms with van der Waals surface area (Å²) in [6.07, 6.45) is 5.17. The number of carbonyl (C=O) groups excluding carboxylic acids is 2. The number of ketones is 1. The monoisotopic (exact) mass is 477 g/mol. The van der Waals surface area contributed by atoms with E-state index >= 15 is 0 Å². The Labute approximate surface area is 198 Å². The van der Waals surface area contributed by atoms with Gasteiger partial charge in [0.25, 0.3) is 5.56 Å². The topological polar surface area (TPSA) is 103 Å². The summed E-state index contributed by atoms with van der Waals surface area (Å²) in [5.74, 6) is -0.0402. The number of rotatable bonds is 6. The highest BCUT2D eigenvalue weighted by Crippen LogP contribution is 2.34. The molecule has 0 unspecified atom stereocenters. The lowest BCUT2D eigenvalue weighted by atomic mass is 9.97. The van der Waals surface area contributed by atoms with Crippen molar-refractivity contribution in [2.75, 3.05) is 5.32 Å². The van der Waals surface area contributed by atoms with Crippen LogP contribution in [0.2, 0.25) is 0 Å². The number of aromatic nitrogens is 2. The molecular weight excluding hydrogens is 454 g/mol. The third-order valence-corrected chi connectivity index (χ3v) is 7.38. The van der Waals surface area contributed by atoms with Crippen molar-refractivity contribution in [2.24, 2.45) is 0 Å². The molecule has 5 rings (SSSR count). The van der Waals surface area contributed by atoms with Crippen molar-refractivity contribution in [3.05, 3.63) is 85.3 Å². The molecule has 0 saturated carbocycles. The van der Waals surface area contributed by atoms with Crippen molar-refractivity contribution in [1.29, 1.82) is 0 Å². The average Bonchev–Trinajstić information content (AvgIpc) is 3.47. The smallest absolute Gasteiger partial charge is 0.333 e. The largest absolute Gasteiger partial charge is 0.467 e. The molecule has 1 aliphatic rings. The van der Waals surface area contributed by atoms with E-state index in [0.29, 0.717) is 27.2 Å². The van der Waals surface area contributed by atoms with E-state index in [1.807, 2.05) is 0 Å². The Morgan fingerprint density at radius 1 is 1.09 bits per heavy atom. The van der Waals surface area contributed by atoms with Crippen molar-refractivity contribution in [2.45, 2.75) is 45.7 Å². The van der Waals surface area contributed by atoms with Gasteiger partial charge in [0.2, 0.25) is 5.91 Å². The van der Waals surface area contributed by atoms with Crippen LogP contribution in [0, 0.1) is 0 Å². The van der Waals surface area contributed by atoms with Gasteiger partial charge in [-0.2, -0.15) is 0 Å². The van der Waals surface area contributed by atoms with E-state index in [2.05, 4.69) is 5.32 Å². The summed E-state index contributed by atoms with van der Waals surface area (Å²) in [6.45, 7) is 1.20. The minimum absolute atomic E-state index is 0.00645. The van der Waals surface area contributed by atoms with Crippen LogP contribution >= 0.6 is 11.3 Å². The van der Waals surface area contributed by atoms with Crippen LogP contribution in [-0.4, -0.2) is 20.8 Å². The van der Waals surface area contributed by atoms with E-state index in [0.717, 1.165) is 40.7 Å². The van der Waals surface area contributed by atoms with Crippen LogP contribution in [0.15, 0.2) is 56.7 Å². The number of nitrogens with one attached hydrogen (secondary N) is 1. The Morgan fingerprint density at radius 3 is 2.68 bits per heavy atom. The number of aryl methyl sites for hydroxylation is 2. The summed E-state index contributed by atoms with van der Waals surface area (Å²) >= 11 is 1.43. The first-order chi connectivity index (χ1) is 16.4. The zero-order chi connectivity index (χ0) is 23.8. The fourth-order valence-corrected chi connectivity index (χ4v) is 5.79. The van der Waals surface area contributed by atoms with E-state index < -0.39 is 11.6 Å². The molecule has 1 amide bonds. The predicted molar refractivity (Wildman–Crippen MR) is 130 cm³/mol. The van der Waals surface area contributed by atoms with E-state index in [1.54, 1.807) is 36.4 Å². The van der Waals surface area contributed by atoms with Crippen LogP contribution in [0.1, 0.15) is 46.3 Å². The van der Waals surface area contributed by atoms with Gasteiger partial charge in [0.05, 0.1) is 18.2 Å². The van der Waals surface area contributed by atoms with Gasteiger partial charge in [-0.3, -0.25) is 23.5 Å². The molecule has 4 aromatic rings. The lowest BCUT2D eigenvalue weighted by molar-refractivity contribution is -0.116. The Morgan fingerprint density at radius 2 is 1.91 bits per heavy atom. The number of hydrogen-bond acceptors (Lipinski definition) is 6. The second-order valence-electron chi connectivity index (χ2n) is 8.42. The van der Waals surface area contributed by atoms with Crippen LogP contribution in [0.4, 0.5) is 5.69 Å². The van der Waals surface area contributed by atoms with Gasteiger partial charge in [0.1, 0.15) is 17.1 Å². The van der Waals surface area contributed by atoms with Crippen molar-refractivity contribution >= 4 is 38.9 Å². The number of anilines is 1. The number of hydrogen-bond donors (Lipinski definition) is 1. The normalized spacial score (nSPS) is 13.1. The molecule has 0 atom stereocenters. The second kappa shape index (κ2) is 8.90. The molecule has 3 heterocycles. The molecule has 1 aliphatic carbocycles. The van der Waals surface area contributed by atoms with Crippen LogP contribution in [0.25, 0.3) is 10.2 Å². The van der Waals surface area contributed by atoms with Crippen LogP contribution < -0.4 is 16.6 Å². The summed E-state index contributed by atoms with van der Waals surface area (Å²) in [5.41, 5.74) is 1.04. The highest BCUT2D eigenvalue weighted by molar-refractivity contribution is 7.18. The Kier molecular flexibility index (Phi) is 5.79. The SMILES string of the molecule is CC(=O)c1cccc(NC(=O)Cn2c(=O)n(Cc3ccco3)c(=O)c3c4c(sc32)CCCC4)c1. The molecule has 8 nitrogen and oxygen atoms in total. The van der Waals surface area contributed by atoms with Crippen molar-refractivity contribution in [3.8, 4) is 0 Å². The van der Waals surface area contributed by atoms with Crippen LogP contribution in [-0.2, 0) is 30.7 Å². The Bertz CT molecular complexity index is 1520. The maximum atomic E-state index is 13.4. The fraction of sp³-hybridized carbons (Fsp3) is 0.280. The minimum Gasteiger partial charge on any atom is -0.467 e. The van der Waals surface area contributed by atoms with E-state index in [1.165, 1.54) is 29.1 Å². The van der Waals surface area contributed by atoms with Crippen molar-refractivity contribution in [1.82, 2.24) is 9.13 Å². The van der Waals surface area contributed by atoms with Crippen LogP contribution in [0.5, 0.6) is 0 Å². The fourth-order valence-electron chi connectivity index (χ4n) is 4.41. The quantitative estimate of drug-likeness (QED) is 0.428. The zero-order valence-electron chi connectivity index (χ0n) is 18.6. The molecule has 0 fully saturated rings. The van der Waals surface area contributed by atoms with Gasteiger partial charge in [0.15, 0.2) is 5.78 Å². The number of Topliss-reactive ketones (excluding diaryl/α,β-unsaturated/α-hetero) is 1. The van der Waals surface area contributed by atoms with Crippen molar-refractivity contribution < 1.29 is 14.0 Å². The number of nitrogens with zero attached hydrogens (tertiary/aromatic N) is 2. The molecule has 3 aromatic heterocycles. The molecule has 174 valence electrons. The van der Waals surface area contributed by atoms with Gasteiger partial charge in [-0.15, -0.1) is 11.3 Å². The number of amides is 1. The van der Waals surface area contributed by atoms with Gasteiger partial charge in [-0.1, -0.05) is 12.1 Å². The highest BCUT2D eigenvalue weighted by atomic mass is 32.1. The number of thiophene rings is 1. The molecule has 9 heteroatoms. The lowest BCUT2D eigenvalue weighted by Crippen LogP contribution is -2.41. The van der Waals surface area contributed by atoms with Gasteiger partial charge in [-0.05, 0) is 62.4 Å². The summed E-state index contributed by atoms with van der Waals surface area (Å²) in [4.78, 5) is 53.1. The van der Waals surface area contributed by atoms with Gasteiger partial charge < -0.3 is 9.73 Å². The van der Waals surface area contributed by atoms with E-state index in [4.69, 9.17) is 4.42 Å². The Balaban J connectivity index is 1.58. The van der Waals surface area contributed by atoms with Gasteiger partial charge in [0, 0.05) is 16.1 Å². The predicted octanol–water partition coefficient (Wildman–Crippen LogP) is 3.59. The van der Waals surface area contributed by atoms with E-state index in [-0.39, 0.29) is 24.4 Å². The number of furan rings is 1. The molecule has 0 saturated heterocycles. The van der Waals surface area contributed by atoms with Gasteiger partial charge in [-0.25, -0.2) is 4.79 Å². The summed E-state index contributed by atoms with van der Waals surface area (Å²) < 4.78 is 7.90. The zero-order valence-corrected chi connectivity index (χ0v) is 19.4. The van der Waals surface area contributed by atoms with E-state index in [9.17, 15) is 19.2 Å². The maximum absolute atomic E-state index is 13.4. The van der Waals surface area contributed by atoms with Gasteiger partial charge >= 0.3 is 5.69 Å². The molecule has 1 N–H and O–H groups in total. The molecule has 0 spiro atoms. The third-order valence-electron chi connectivity index (χ3n) is 6.07. The third kappa shape index (κ3) is 4.03. The number of fused-ring (bicyclic) bond motifs is 3. The summed E-state index contributed by atoms with van der Waals surface area (Å²) in [7, 11) is 0. The first-order valence-corrected chi connectivity index (χ1v) is 11.9. The lowest BCUT2D eigenvalue weighted by Gasteiger charge is -2.13. The van der Waals surface area contributed by atoms with Crippen molar-refractivity contribution in [3.63, 3.8) is 0 Å². The standard InChI is InChI=1S/C25H23N3O5S/c1-15(29)16-6-4-7-17(12-16)26-21(30)14-28-24-22(19-9-2-3-10-20(19)34-24)23(31)27(25(28)32)13-18-8-5-11-33-18/h4-8,11-12H,2-3,9-10,13-14H2,1H3,(H,26,30). The molecule has 0 aliphatic heterocycles. The molecule has 34 heavy (non-hydrogen) atoms. The summed E-state index contributed by atoms with van der Waals surface area (Å²) in [5, 5.41) is 3.29. The van der Waals surface area contributed by atoms with Crippen LogP contribution in [0.3, 0.4) is 0 Å². The maximum Gasteiger partial charge on any atom is 0.333 e. The second-order valence-corrected chi connectivity index (χ2v) is 9.50. The first kappa shape index (κ1) is 22.1. The molecule has 0 radical (unpaired) electrons. The average molecular weight is 478 g/mol. The molecule has 0 bridgehead atoms. The highest BCUT2D eigenvalue weighted by Gasteiger charge is 2.24. The molecular formula is C25H23N3O5S. The first-order valence-electron chi connectivity index (χ1n) is 11.1. The molecule has 1 aromatic carbocycles. The minimum atomic E-state index is -0.555. The summed E-state index contributed by atoms with van der Waals surface area (Å²) in [6, 6.07) is 10.1. The number of carbonyl (C=O) groups is 2. The number of benzene rings is 1.